The van der Waals surface area contributed by atoms with E-state index < -0.39 is 0 Å². The molecule has 0 bridgehead atoms. The summed E-state index contributed by atoms with van der Waals surface area (Å²) in [6.45, 7) is 6.90. The second-order valence-electron chi connectivity index (χ2n) is 6.93. The Bertz CT molecular complexity index is 769. The summed E-state index contributed by atoms with van der Waals surface area (Å²) in [4.78, 5) is 27.7. The third-order valence-corrected chi connectivity index (χ3v) is 6.10. The van der Waals surface area contributed by atoms with Crippen molar-refractivity contribution in [3.8, 4) is 0 Å². The molecule has 2 aliphatic heterocycles. The number of nitrogens with one attached hydrogen (secondary N) is 3. The molecule has 2 heterocycles. The van der Waals surface area contributed by atoms with E-state index in [0.717, 1.165) is 18.7 Å². The van der Waals surface area contributed by atoms with E-state index in [2.05, 4.69) is 20.9 Å². The summed E-state index contributed by atoms with van der Waals surface area (Å²) in [5.41, 5.74) is 2.45. The topological polar surface area (TPSA) is 82.7 Å². The van der Waals surface area contributed by atoms with Crippen LogP contribution in [-0.2, 0) is 16.0 Å². The van der Waals surface area contributed by atoms with Crippen molar-refractivity contribution in [1.29, 1.82) is 0 Å². The number of likely N-dealkylation sites (tertiary alicyclic amines) is 1. The summed E-state index contributed by atoms with van der Waals surface area (Å²) in [6.07, 6.45) is 3.03. The molecule has 0 radical (unpaired) electrons. The lowest BCUT2D eigenvalue weighted by atomic mass is 10.1. The van der Waals surface area contributed by atoms with Gasteiger partial charge >= 0.3 is 0 Å². The Kier molecular flexibility index (Phi) is 11.2. The molecule has 3 N–H and O–H groups in total. The number of halogens is 1. The van der Waals surface area contributed by atoms with Crippen LogP contribution in [0.25, 0.3) is 0 Å². The maximum absolute atomic E-state index is 12.8. The van der Waals surface area contributed by atoms with Gasteiger partial charge in [-0.2, -0.15) is 0 Å². The van der Waals surface area contributed by atoms with Crippen LogP contribution in [0.15, 0.2) is 29.3 Å². The number of ether oxygens (including phenoxy) is 1. The molecule has 9 heteroatoms. The molecule has 3 rings (SSSR count). The molecule has 1 saturated heterocycles. The van der Waals surface area contributed by atoms with Crippen molar-refractivity contribution in [3.63, 3.8) is 0 Å². The summed E-state index contributed by atoms with van der Waals surface area (Å²) in [7, 11) is 1.58. The monoisotopic (exact) mass is 468 g/mol. The van der Waals surface area contributed by atoms with Crippen molar-refractivity contribution in [2.75, 3.05) is 44.5 Å². The molecule has 7 nitrogen and oxygen atoms in total. The van der Waals surface area contributed by atoms with Crippen LogP contribution in [0.2, 0.25) is 0 Å². The smallest absolute Gasteiger partial charge is 0.272 e. The van der Waals surface area contributed by atoms with Crippen molar-refractivity contribution in [2.45, 2.75) is 38.6 Å². The molecule has 1 aromatic carbocycles. The van der Waals surface area contributed by atoms with E-state index in [1.165, 1.54) is 12.8 Å². The van der Waals surface area contributed by atoms with Crippen LogP contribution in [0.5, 0.6) is 0 Å². The average Bonchev–Trinajstić information content (AvgIpc) is 3.48. The summed E-state index contributed by atoms with van der Waals surface area (Å²) in [5.74, 6) is -0.0517. The van der Waals surface area contributed by atoms with E-state index in [9.17, 15) is 9.59 Å². The molecule has 31 heavy (non-hydrogen) atoms. The van der Waals surface area contributed by atoms with E-state index >= 15 is 0 Å². The third-order valence-electron chi connectivity index (χ3n) is 4.86. The lowest BCUT2D eigenvalue weighted by molar-refractivity contribution is -0.113. The molecule has 0 aromatic heterocycles. The Morgan fingerprint density at radius 3 is 2.68 bits per heavy atom. The fourth-order valence-corrected chi connectivity index (χ4v) is 4.55. The number of benzene rings is 1. The minimum absolute atomic E-state index is 0.0983. The zero-order valence-electron chi connectivity index (χ0n) is 18.5. The van der Waals surface area contributed by atoms with E-state index in [4.69, 9.17) is 16.3 Å². The maximum Gasteiger partial charge on any atom is 0.272 e. The highest BCUT2D eigenvalue weighted by atomic mass is 35.5. The van der Waals surface area contributed by atoms with Gasteiger partial charge in [-0.15, -0.1) is 11.6 Å². The van der Waals surface area contributed by atoms with Crippen LogP contribution in [0, 0.1) is 0 Å². The van der Waals surface area contributed by atoms with Gasteiger partial charge in [0.1, 0.15) is 11.2 Å². The molecule has 2 aliphatic rings. The second kappa shape index (κ2) is 13.6. The molecule has 172 valence electrons. The number of nitrogens with zero attached hydrogens (tertiary/aromatic N) is 1. The Labute approximate surface area is 194 Å². The molecule has 0 saturated carbocycles. The Hall–Kier alpha value is -1.74. The van der Waals surface area contributed by atoms with Gasteiger partial charge in [0.25, 0.3) is 11.8 Å². The summed E-state index contributed by atoms with van der Waals surface area (Å²) in [6, 6.07) is 5.41. The molecule has 0 aliphatic carbocycles. The van der Waals surface area contributed by atoms with Crippen molar-refractivity contribution in [2.24, 2.45) is 0 Å². The maximum atomic E-state index is 12.8. The van der Waals surface area contributed by atoms with Crippen molar-refractivity contribution in [1.82, 2.24) is 15.5 Å². The highest BCUT2D eigenvalue weighted by Gasteiger charge is 2.28. The molecule has 1 unspecified atom stereocenters. The SMILES string of the molecule is CC.COCCNC(=O)c1cc(CCCl)ccc1NC(=O)C1=CSC(N2CCCC2)N1. The van der Waals surface area contributed by atoms with Crippen LogP contribution in [0.4, 0.5) is 5.69 Å². The molecule has 1 fully saturated rings. The summed E-state index contributed by atoms with van der Waals surface area (Å²) >= 11 is 7.44. The molecular weight excluding hydrogens is 436 g/mol. The molecule has 2 amide bonds. The largest absolute Gasteiger partial charge is 0.383 e. The van der Waals surface area contributed by atoms with E-state index in [-0.39, 0.29) is 17.3 Å². The highest BCUT2D eigenvalue weighted by molar-refractivity contribution is 8.02. The standard InChI is InChI=1S/C20H27ClN4O3S.C2H6/c1-28-11-8-22-18(26)15-12-14(6-7-21)4-5-16(15)23-19(27)17-13-29-20(24-17)25-9-2-3-10-25;1-2/h4-5,12-13,20,24H,2-3,6-11H2,1H3,(H,22,26)(H,23,27);1-2H3. The molecule has 1 atom stereocenters. The van der Waals surface area contributed by atoms with Crippen LogP contribution >= 0.6 is 23.4 Å². The lowest BCUT2D eigenvalue weighted by Crippen LogP contribution is -2.40. The second-order valence-corrected chi connectivity index (χ2v) is 8.26. The number of anilines is 1. The number of hydrogen-bond donors (Lipinski definition) is 3. The number of methoxy groups -OCH3 is 1. The van der Waals surface area contributed by atoms with Gasteiger partial charge in [0.05, 0.1) is 17.9 Å². The predicted octanol–water partition coefficient (Wildman–Crippen LogP) is 3.37. The minimum Gasteiger partial charge on any atom is -0.383 e. The predicted molar refractivity (Wildman–Crippen MR) is 128 cm³/mol. The Morgan fingerprint density at radius 2 is 2.00 bits per heavy atom. The van der Waals surface area contributed by atoms with E-state index in [1.54, 1.807) is 31.0 Å². The van der Waals surface area contributed by atoms with E-state index in [0.29, 0.717) is 42.4 Å². The number of alkyl halides is 1. The number of carbonyl (C=O) groups is 2. The first-order valence-electron chi connectivity index (χ1n) is 10.8. The van der Waals surface area contributed by atoms with Gasteiger partial charge < -0.3 is 20.7 Å². The third kappa shape index (κ3) is 7.42. The van der Waals surface area contributed by atoms with Crippen molar-refractivity contribution in [3.05, 3.63) is 40.4 Å². The number of carbonyl (C=O) groups excluding carboxylic acids is 2. The number of aryl methyl sites for hydroxylation is 1. The fourth-order valence-electron chi connectivity index (χ4n) is 3.31. The lowest BCUT2D eigenvalue weighted by Gasteiger charge is -2.23. The first-order valence-corrected chi connectivity index (χ1v) is 12.2. The van der Waals surface area contributed by atoms with Gasteiger partial charge in [-0.05, 0) is 37.0 Å². The van der Waals surface area contributed by atoms with Crippen LogP contribution in [0.3, 0.4) is 0 Å². The molecule has 1 aromatic rings. The van der Waals surface area contributed by atoms with Gasteiger partial charge in [-0.25, -0.2) is 0 Å². The number of amides is 2. The van der Waals surface area contributed by atoms with Crippen molar-refractivity contribution < 1.29 is 14.3 Å². The van der Waals surface area contributed by atoms with Gasteiger partial charge in [-0.3, -0.25) is 14.5 Å². The summed E-state index contributed by atoms with van der Waals surface area (Å²) in [5, 5.41) is 10.8. The number of rotatable bonds is 9. The van der Waals surface area contributed by atoms with Gasteiger partial charge in [0.15, 0.2) is 0 Å². The minimum atomic E-state index is -0.258. The van der Waals surface area contributed by atoms with E-state index in [1.807, 2.05) is 25.3 Å². The normalized spacial score (nSPS) is 17.9. The molecule has 0 spiro atoms. The van der Waals surface area contributed by atoms with Crippen molar-refractivity contribution >= 4 is 40.9 Å². The van der Waals surface area contributed by atoms with Crippen LogP contribution in [0.1, 0.15) is 42.6 Å². The molecular formula is C22H33ClN4O3S. The zero-order chi connectivity index (χ0) is 22.6. The first kappa shape index (κ1) is 25.5. The number of hydrogen-bond acceptors (Lipinski definition) is 6. The van der Waals surface area contributed by atoms with Gasteiger partial charge in [0.2, 0.25) is 0 Å². The number of thioether (sulfide) groups is 1. The summed E-state index contributed by atoms with van der Waals surface area (Å²) < 4.78 is 4.98. The van der Waals surface area contributed by atoms with Gasteiger partial charge in [-0.1, -0.05) is 31.7 Å². The Balaban J connectivity index is 0.00000166. The van der Waals surface area contributed by atoms with Crippen LogP contribution < -0.4 is 16.0 Å². The van der Waals surface area contributed by atoms with Gasteiger partial charge in [0, 0.05) is 38.0 Å². The fraction of sp³-hybridized carbons (Fsp3) is 0.545. The quantitative estimate of drug-likeness (QED) is 0.381. The zero-order valence-corrected chi connectivity index (χ0v) is 20.1. The highest BCUT2D eigenvalue weighted by Crippen LogP contribution is 2.27. The van der Waals surface area contributed by atoms with Crippen LogP contribution in [-0.4, -0.2) is 61.4 Å². The average molecular weight is 469 g/mol. The Morgan fingerprint density at radius 1 is 1.26 bits per heavy atom. The first-order chi connectivity index (χ1) is 15.1.